The summed E-state index contributed by atoms with van der Waals surface area (Å²) < 4.78 is 28.6. The van der Waals surface area contributed by atoms with Crippen molar-refractivity contribution in [2.45, 2.75) is 24.3 Å². The van der Waals surface area contributed by atoms with Crippen molar-refractivity contribution in [3.8, 4) is 5.75 Å². The molecule has 0 bridgehead atoms. The molecule has 0 saturated carbocycles. The molecule has 2 aromatic rings. The molecule has 0 unspecified atom stereocenters. The van der Waals surface area contributed by atoms with Crippen LogP contribution in [0.15, 0.2) is 53.5 Å². The number of fused-ring (bicyclic) bond motifs is 1. The van der Waals surface area contributed by atoms with Gasteiger partial charge in [0.25, 0.3) is 0 Å². The number of thioether (sulfide) groups is 1. The van der Waals surface area contributed by atoms with E-state index in [0.717, 1.165) is 27.7 Å². The van der Waals surface area contributed by atoms with Gasteiger partial charge in [-0.2, -0.15) is 0 Å². The molecular formula is C21H23N3O4S2. The number of benzene rings is 2. The van der Waals surface area contributed by atoms with Crippen LogP contribution in [0.1, 0.15) is 11.1 Å². The summed E-state index contributed by atoms with van der Waals surface area (Å²) >= 11 is 1.49. The Labute approximate surface area is 180 Å². The number of amides is 1. The minimum Gasteiger partial charge on any atom is -0.496 e. The molecule has 4 rings (SSSR count). The minimum absolute atomic E-state index is 0.0173. The second kappa shape index (κ2) is 8.69. The van der Waals surface area contributed by atoms with E-state index in [1.54, 1.807) is 7.11 Å². The third-order valence-corrected chi connectivity index (χ3v) is 8.20. The third-order valence-electron chi connectivity index (χ3n) is 5.06. The zero-order valence-electron chi connectivity index (χ0n) is 16.5. The molecule has 2 heterocycles. The van der Waals surface area contributed by atoms with Crippen LogP contribution in [-0.2, 0) is 27.6 Å². The number of aliphatic imine (C=N–C) groups is 1. The molecule has 0 spiro atoms. The fraction of sp³-hybridized carbons (Fsp3) is 0.333. The first-order valence-electron chi connectivity index (χ1n) is 9.61. The number of carbonyl (C=O) groups is 1. The summed E-state index contributed by atoms with van der Waals surface area (Å²) in [5, 5.41) is 6.93. The Morgan fingerprint density at radius 3 is 2.67 bits per heavy atom. The molecule has 2 aliphatic rings. The second-order valence-electron chi connectivity index (χ2n) is 7.32. The number of nitrogens with zero attached hydrogens (tertiary/aromatic N) is 1. The van der Waals surface area contributed by atoms with Crippen molar-refractivity contribution in [2.75, 3.05) is 23.9 Å². The minimum atomic E-state index is -2.95. The Balaban J connectivity index is 1.28. The molecule has 7 nitrogen and oxygen atoms in total. The van der Waals surface area contributed by atoms with Crippen LogP contribution < -0.4 is 15.4 Å². The monoisotopic (exact) mass is 445 g/mol. The lowest BCUT2D eigenvalue weighted by molar-refractivity contribution is -0.120. The highest BCUT2D eigenvalue weighted by Gasteiger charge is 2.42. The SMILES string of the molecule is COc1ccccc1CNC(=O)Cc1ccc(NC2=N[C@@H]3CS(=O)(=O)C[C@@H]3S2)cc1. The van der Waals surface area contributed by atoms with E-state index in [2.05, 4.69) is 15.6 Å². The maximum Gasteiger partial charge on any atom is 0.224 e. The zero-order chi connectivity index (χ0) is 21.1. The first-order chi connectivity index (χ1) is 14.4. The quantitative estimate of drug-likeness (QED) is 0.708. The predicted octanol–water partition coefficient (Wildman–Crippen LogP) is 2.23. The lowest BCUT2D eigenvalue weighted by atomic mass is 10.1. The van der Waals surface area contributed by atoms with E-state index in [-0.39, 0.29) is 35.1 Å². The van der Waals surface area contributed by atoms with E-state index in [1.165, 1.54) is 11.8 Å². The number of amidine groups is 1. The number of sulfone groups is 1. The Hall–Kier alpha value is -2.52. The molecule has 0 aliphatic carbocycles. The summed E-state index contributed by atoms with van der Waals surface area (Å²) in [7, 11) is -1.33. The second-order valence-corrected chi connectivity index (χ2v) is 10.7. The Morgan fingerprint density at radius 2 is 1.93 bits per heavy atom. The molecule has 9 heteroatoms. The van der Waals surface area contributed by atoms with Gasteiger partial charge in [-0.05, 0) is 23.8 Å². The van der Waals surface area contributed by atoms with Gasteiger partial charge >= 0.3 is 0 Å². The molecule has 158 valence electrons. The van der Waals surface area contributed by atoms with Crippen LogP contribution in [0, 0.1) is 0 Å². The summed E-state index contributed by atoms with van der Waals surface area (Å²) in [6.07, 6.45) is 0.285. The van der Waals surface area contributed by atoms with Crippen molar-refractivity contribution in [1.29, 1.82) is 0 Å². The number of anilines is 1. The molecule has 2 aliphatic heterocycles. The predicted molar refractivity (Wildman–Crippen MR) is 120 cm³/mol. The number of rotatable bonds is 6. The third kappa shape index (κ3) is 4.96. The number of hydrogen-bond acceptors (Lipinski definition) is 7. The lowest BCUT2D eigenvalue weighted by Gasteiger charge is -2.10. The van der Waals surface area contributed by atoms with Crippen LogP contribution >= 0.6 is 11.8 Å². The topological polar surface area (TPSA) is 96.9 Å². The van der Waals surface area contributed by atoms with Gasteiger partial charge in [-0.3, -0.25) is 9.79 Å². The number of para-hydroxylation sites is 1. The van der Waals surface area contributed by atoms with Gasteiger partial charge in [0.1, 0.15) is 5.75 Å². The van der Waals surface area contributed by atoms with E-state index >= 15 is 0 Å². The van der Waals surface area contributed by atoms with E-state index in [9.17, 15) is 13.2 Å². The zero-order valence-corrected chi connectivity index (χ0v) is 18.1. The van der Waals surface area contributed by atoms with Gasteiger partial charge in [-0.15, -0.1) is 0 Å². The van der Waals surface area contributed by atoms with Gasteiger partial charge in [0.15, 0.2) is 15.0 Å². The van der Waals surface area contributed by atoms with Crippen molar-refractivity contribution in [3.05, 3.63) is 59.7 Å². The van der Waals surface area contributed by atoms with Gasteiger partial charge in [0, 0.05) is 23.0 Å². The molecule has 2 N–H and O–H groups in total. The van der Waals surface area contributed by atoms with E-state index in [1.807, 2.05) is 48.5 Å². The molecule has 2 atom stereocenters. The Kier molecular flexibility index (Phi) is 6.01. The highest BCUT2D eigenvalue weighted by Crippen LogP contribution is 2.34. The summed E-state index contributed by atoms with van der Waals surface area (Å²) in [5.74, 6) is 1.02. The smallest absolute Gasteiger partial charge is 0.224 e. The van der Waals surface area contributed by atoms with Gasteiger partial charge in [0.2, 0.25) is 5.91 Å². The molecule has 1 saturated heterocycles. The normalized spacial score (nSPS) is 21.6. The van der Waals surface area contributed by atoms with Crippen LogP contribution in [0.2, 0.25) is 0 Å². The standard InChI is InChI=1S/C21H23N3O4S2/c1-28-18-5-3-2-4-15(18)11-22-20(25)10-14-6-8-16(9-7-14)23-21-24-17-12-30(26,27)13-19(17)29-21/h2-9,17,19H,10-13H2,1H3,(H,22,25)(H,23,24)/t17-,19+/m1/s1. The Bertz CT molecular complexity index is 1070. The van der Waals surface area contributed by atoms with Gasteiger partial charge in [0.05, 0.1) is 31.1 Å². The van der Waals surface area contributed by atoms with E-state index in [0.29, 0.717) is 6.54 Å². The average Bonchev–Trinajstić information content (AvgIpc) is 3.20. The number of hydrogen-bond donors (Lipinski definition) is 2. The van der Waals surface area contributed by atoms with Crippen LogP contribution in [0.3, 0.4) is 0 Å². The van der Waals surface area contributed by atoms with Crippen molar-refractivity contribution in [1.82, 2.24) is 5.32 Å². The lowest BCUT2D eigenvalue weighted by Crippen LogP contribution is -2.24. The number of ether oxygens (including phenoxy) is 1. The fourth-order valence-electron chi connectivity index (χ4n) is 3.54. The van der Waals surface area contributed by atoms with Crippen LogP contribution in [0.5, 0.6) is 5.75 Å². The first-order valence-corrected chi connectivity index (χ1v) is 12.3. The summed E-state index contributed by atoms with van der Waals surface area (Å²) in [6.45, 7) is 0.414. The summed E-state index contributed by atoms with van der Waals surface area (Å²) in [4.78, 5) is 16.8. The summed E-state index contributed by atoms with van der Waals surface area (Å²) in [6, 6.07) is 15.0. The molecule has 2 aromatic carbocycles. The highest BCUT2D eigenvalue weighted by atomic mass is 32.2. The van der Waals surface area contributed by atoms with Gasteiger partial charge in [-0.1, -0.05) is 42.1 Å². The molecule has 30 heavy (non-hydrogen) atoms. The van der Waals surface area contributed by atoms with E-state index < -0.39 is 9.84 Å². The molecule has 1 fully saturated rings. The average molecular weight is 446 g/mol. The molecule has 0 radical (unpaired) electrons. The van der Waals surface area contributed by atoms with Crippen molar-refractivity contribution in [2.24, 2.45) is 4.99 Å². The maximum atomic E-state index is 12.3. The van der Waals surface area contributed by atoms with Crippen LogP contribution in [0.4, 0.5) is 5.69 Å². The largest absolute Gasteiger partial charge is 0.496 e. The van der Waals surface area contributed by atoms with Crippen LogP contribution in [-0.4, -0.2) is 49.4 Å². The molecular weight excluding hydrogens is 422 g/mol. The van der Waals surface area contributed by atoms with Gasteiger partial charge < -0.3 is 15.4 Å². The summed E-state index contributed by atoms with van der Waals surface area (Å²) in [5.41, 5.74) is 2.70. The number of methoxy groups -OCH3 is 1. The fourth-order valence-corrected chi connectivity index (χ4v) is 7.21. The van der Waals surface area contributed by atoms with Crippen molar-refractivity contribution >= 4 is 38.4 Å². The van der Waals surface area contributed by atoms with Crippen molar-refractivity contribution < 1.29 is 17.9 Å². The van der Waals surface area contributed by atoms with Crippen molar-refractivity contribution in [3.63, 3.8) is 0 Å². The Morgan fingerprint density at radius 1 is 1.17 bits per heavy atom. The van der Waals surface area contributed by atoms with E-state index in [4.69, 9.17) is 4.74 Å². The molecule has 1 amide bonds. The first kappa shape index (κ1) is 20.7. The molecule has 0 aromatic heterocycles. The van der Waals surface area contributed by atoms with Crippen LogP contribution in [0.25, 0.3) is 0 Å². The maximum absolute atomic E-state index is 12.3. The highest BCUT2D eigenvalue weighted by molar-refractivity contribution is 8.15. The number of nitrogens with one attached hydrogen (secondary N) is 2. The van der Waals surface area contributed by atoms with Gasteiger partial charge in [-0.25, -0.2) is 8.42 Å². The number of carbonyl (C=O) groups excluding carboxylic acids is 1.